The van der Waals surface area contributed by atoms with Crippen molar-refractivity contribution in [3.8, 4) is 5.75 Å². The van der Waals surface area contributed by atoms with E-state index in [9.17, 15) is 9.59 Å². The van der Waals surface area contributed by atoms with Gasteiger partial charge in [-0.3, -0.25) is 9.59 Å². The first-order valence-electron chi connectivity index (χ1n) is 6.71. The van der Waals surface area contributed by atoms with E-state index in [2.05, 4.69) is 0 Å². The summed E-state index contributed by atoms with van der Waals surface area (Å²) in [4.78, 5) is 24.7. The fraction of sp³-hybridized carbons (Fsp3) is 0.467. The van der Waals surface area contributed by atoms with Crippen LogP contribution >= 0.6 is 0 Å². The number of carboxylic acids is 1. The molecule has 0 spiro atoms. The summed E-state index contributed by atoms with van der Waals surface area (Å²) in [5, 5.41) is 8.94. The van der Waals surface area contributed by atoms with E-state index >= 15 is 0 Å². The average molecular weight is 277 g/mol. The highest BCUT2D eigenvalue weighted by Crippen LogP contribution is 2.26. The molecule has 0 bridgehead atoms. The van der Waals surface area contributed by atoms with Gasteiger partial charge in [0.05, 0.1) is 7.11 Å². The van der Waals surface area contributed by atoms with Crippen LogP contribution in [-0.2, 0) is 22.4 Å². The zero-order chi connectivity index (χ0) is 14.7. The Balaban J connectivity index is 2.16. The Labute approximate surface area is 118 Å². The number of rotatable bonds is 3. The Kier molecular flexibility index (Phi) is 4.27. The highest BCUT2D eigenvalue weighted by molar-refractivity contribution is 5.96. The minimum Gasteiger partial charge on any atom is -0.496 e. The first-order valence-corrected chi connectivity index (χ1v) is 6.71. The quantitative estimate of drug-likeness (QED) is 0.847. The maximum absolute atomic E-state index is 12.1. The molecular formula is C15H19NO4. The summed E-state index contributed by atoms with van der Waals surface area (Å²) in [7, 11) is 1.63. The number of methoxy groups -OCH3 is 1. The standard InChI is InChI=1S/C15H19NO4/c1-10(15(18)19)14(17)16-8-6-11-4-3-5-13(20-2)12(11)7-9-16/h3-5,10H,6-9H2,1-2H3,(H,18,19). The summed E-state index contributed by atoms with van der Waals surface area (Å²) in [6.07, 6.45) is 1.42. The van der Waals surface area contributed by atoms with Gasteiger partial charge < -0.3 is 14.7 Å². The molecule has 0 radical (unpaired) electrons. The van der Waals surface area contributed by atoms with Gasteiger partial charge in [-0.1, -0.05) is 12.1 Å². The highest BCUT2D eigenvalue weighted by Gasteiger charge is 2.27. The summed E-state index contributed by atoms with van der Waals surface area (Å²) in [5.41, 5.74) is 2.29. The van der Waals surface area contributed by atoms with E-state index in [0.717, 1.165) is 17.7 Å². The Morgan fingerprint density at radius 1 is 1.30 bits per heavy atom. The zero-order valence-corrected chi connectivity index (χ0v) is 11.8. The molecule has 1 heterocycles. The molecule has 1 aromatic carbocycles. The molecule has 0 aromatic heterocycles. The lowest BCUT2D eigenvalue weighted by atomic mass is 10.0. The minimum absolute atomic E-state index is 0.315. The third kappa shape index (κ3) is 2.76. The fourth-order valence-corrected chi connectivity index (χ4v) is 2.53. The van der Waals surface area contributed by atoms with Crippen molar-refractivity contribution in [2.45, 2.75) is 19.8 Å². The largest absolute Gasteiger partial charge is 0.496 e. The van der Waals surface area contributed by atoms with Crippen molar-refractivity contribution in [3.63, 3.8) is 0 Å². The number of fused-ring (bicyclic) bond motifs is 1. The van der Waals surface area contributed by atoms with Crippen LogP contribution in [0.3, 0.4) is 0 Å². The molecule has 1 N–H and O–H groups in total. The maximum Gasteiger partial charge on any atom is 0.315 e. The van der Waals surface area contributed by atoms with Gasteiger partial charge in [-0.15, -0.1) is 0 Å². The molecule has 0 saturated carbocycles. The molecule has 2 rings (SSSR count). The van der Waals surface area contributed by atoms with Crippen molar-refractivity contribution in [2.75, 3.05) is 20.2 Å². The van der Waals surface area contributed by atoms with Crippen LogP contribution in [0.4, 0.5) is 0 Å². The van der Waals surface area contributed by atoms with Crippen molar-refractivity contribution in [1.82, 2.24) is 4.90 Å². The number of hydrogen-bond donors (Lipinski definition) is 1. The van der Waals surface area contributed by atoms with Crippen molar-refractivity contribution in [1.29, 1.82) is 0 Å². The molecule has 0 aliphatic carbocycles. The predicted octanol–water partition coefficient (Wildman–Crippen LogP) is 1.34. The van der Waals surface area contributed by atoms with Gasteiger partial charge in [-0.2, -0.15) is 0 Å². The number of ether oxygens (including phenoxy) is 1. The van der Waals surface area contributed by atoms with Crippen LogP contribution in [-0.4, -0.2) is 42.1 Å². The maximum atomic E-state index is 12.1. The lowest BCUT2D eigenvalue weighted by molar-refractivity contribution is -0.150. The number of benzene rings is 1. The average Bonchev–Trinajstić information content (AvgIpc) is 2.67. The topological polar surface area (TPSA) is 66.8 Å². The number of nitrogens with zero attached hydrogens (tertiary/aromatic N) is 1. The van der Waals surface area contributed by atoms with Crippen LogP contribution in [0.5, 0.6) is 5.75 Å². The third-order valence-electron chi connectivity index (χ3n) is 3.79. The molecule has 108 valence electrons. The van der Waals surface area contributed by atoms with Crippen molar-refractivity contribution in [3.05, 3.63) is 29.3 Å². The molecule has 1 aliphatic rings. The minimum atomic E-state index is -1.07. The Morgan fingerprint density at radius 2 is 2.00 bits per heavy atom. The Bertz CT molecular complexity index is 527. The van der Waals surface area contributed by atoms with E-state index in [-0.39, 0.29) is 5.91 Å². The van der Waals surface area contributed by atoms with Crippen molar-refractivity contribution >= 4 is 11.9 Å². The molecule has 5 heteroatoms. The number of carbonyl (C=O) groups is 2. The van der Waals surface area contributed by atoms with Crippen molar-refractivity contribution in [2.24, 2.45) is 5.92 Å². The fourth-order valence-electron chi connectivity index (χ4n) is 2.53. The van der Waals surface area contributed by atoms with Gasteiger partial charge in [0.1, 0.15) is 11.7 Å². The number of hydrogen-bond acceptors (Lipinski definition) is 3. The van der Waals surface area contributed by atoms with E-state index in [0.29, 0.717) is 19.5 Å². The van der Waals surface area contributed by atoms with Gasteiger partial charge in [0.25, 0.3) is 0 Å². The Morgan fingerprint density at radius 3 is 2.65 bits per heavy atom. The molecule has 5 nitrogen and oxygen atoms in total. The van der Waals surface area contributed by atoms with Crippen LogP contribution in [0.25, 0.3) is 0 Å². The van der Waals surface area contributed by atoms with E-state index in [1.54, 1.807) is 12.0 Å². The highest BCUT2D eigenvalue weighted by atomic mass is 16.5. The molecule has 20 heavy (non-hydrogen) atoms. The van der Waals surface area contributed by atoms with E-state index < -0.39 is 11.9 Å². The molecule has 0 saturated heterocycles. The lowest BCUT2D eigenvalue weighted by Crippen LogP contribution is -2.39. The van der Waals surface area contributed by atoms with Gasteiger partial charge in [-0.25, -0.2) is 0 Å². The van der Waals surface area contributed by atoms with Crippen LogP contribution in [0.1, 0.15) is 18.1 Å². The normalized spacial score (nSPS) is 16.0. The second-order valence-corrected chi connectivity index (χ2v) is 4.98. The number of amides is 1. The summed E-state index contributed by atoms with van der Waals surface area (Å²) in [6, 6.07) is 5.89. The summed E-state index contributed by atoms with van der Waals surface area (Å²) >= 11 is 0. The van der Waals surface area contributed by atoms with Crippen molar-refractivity contribution < 1.29 is 19.4 Å². The number of carbonyl (C=O) groups excluding carboxylic acids is 1. The zero-order valence-electron chi connectivity index (χ0n) is 11.8. The summed E-state index contributed by atoms with van der Waals surface area (Å²) in [6.45, 7) is 2.52. The second kappa shape index (κ2) is 5.94. The number of aliphatic carboxylic acids is 1. The number of carboxylic acid groups (broad SMARTS) is 1. The molecule has 1 amide bonds. The monoisotopic (exact) mass is 277 g/mol. The Hall–Kier alpha value is -2.04. The summed E-state index contributed by atoms with van der Waals surface area (Å²) < 4.78 is 5.35. The van der Waals surface area contributed by atoms with Crippen LogP contribution in [0, 0.1) is 5.92 Å². The van der Waals surface area contributed by atoms with E-state index in [1.165, 1.54) is 12.5 Å². The van der Waals surface area contributed by atoms with Gasteiger partial charge in [0, 0.05) is 13.1 Å². The van der Waals surface area contributed by atoms with Gasteiger partial charge in [-0.05, 0) is 37.0 Å². The molecular weight excluding hydrogens is 258 g/mol. The summed E-state index contributed by atoms with van der Waals surface area (Å²) in [5.74, 6) is -1.54. The van der Waals surface area contributed by atoms with Crippen LogP contribution in [0.2, 0.25) is 0 Å². The van der Waals surface area contributed by atoms with Gasteiger partial charge >= 0.3 is 5.97 Å². The lowest BCUT2D eigenvalue weighted by Gasteiger charge is -2.22. The SMILES string of the molecule is COc1cccc2c1CCN(C(=O)C(C)C(=O)O)CC2. The molecule has 0 fully saturated rings. The first-order chi connectivity index (χ1) is 9.54. The molecule has 1 atom stereocenters. The predicted molar refractivity (Wildman–Crippen MR) is 73.8 cm³/mol. The first kappa shape index (κ1) is 14.4. The smallest absolute Gasteiger partial charge is 0.315 e. The van der Waals surface area contributed by atoms with E-state index in [1.807, 2.05) is 18.2 Å². The van der Waals surface area contributed by atoms with E-state index in [4.69, 9.17) is 9.84 Å². The molecule has 1 aliphatic heterocycles. The second-order valence-electron chi connectivity index (χ2n) is 4.98. The molecule has 1 unspecified atom stereocenters. The third-order valence-corrected chi connectivity index (χ3v) is 3.79. The van der Waals surface area contributed by atoms with Crippen LogP contribution in [0.15, 0.2) is 18.2 Å². The van der Waals surface area contributed by atoms with Gasteiger partial charge in [0.15, 0.2) is 0 Å². The van der Waals surface area contributed by atoms with Gasteiger partial charge in [0.2, 0.25) is 5.91 Å². The molecule has 1 aromatic rings. The van der Waals surface area contributed by atoms with Crippen LogP contribution < -0.4 is 4.74 Å².